The molecular formula is C19H26N4O5S. The summed E-state index contributed by atoms with van der Waals surface area (Å²) in [4.78, 5) is 8.47. The Bertz CT molecular complexity index is 1050. The Hall–Kier alpha value is -2.27. The van der Waals surface area contributed by atoms with Crippen molar-refractivity contribution in [3.05, 3.63) is 36.0 Å². The van der Waals surface area contributed by atoms with Crippen molar-refractivity contribution in [1.82, 2.24) is 14.7 Å². The van der Waals surface area contributed by atoms with Crippen LogP contribution in [0.25, 0.3) is 0 Å². The lowest BCUT2D eigenvalue weighted by Gasteiger charge is -2.36. The first-order chi connectivity index (χ1) is 14.9. The quantitative estimate of drug-likeness (QED) is 0.611. The van der Waals surface area contributed by atoms with Gasteiger partial charge in [-0.05, 0) is 44.6 Å². The van der Waals surface area contributed by atoms with Crippen molar-refractivity contribution in [3.63, 3.8) is 0 Å². The number of sulfonamides is 1. The molecule has 2 aromatic rings. The van der Waals surface area contributed by atoms with Crippen LogP contribution in [0.15, 0.2) is 35.4 Å². The maximum Gasteiger partial charge on any atom is 0.240 e. The molecule has 1 aliphatic rings. The first kappa shape index (κ1) is 17.6. The van der Waals surface area contributed by atoms with Crippen LogP contribution in [0.3, 0.4) is 0 Å². The third-order valence-electron chi connectivity index (χ3n) is 4.73. The second-order valence-corrected chi connectivity index (χ2v) is 8.60. The highest BCUT2D eigenvalue weighted by atomic mass is 32.2. The monoisotopic (exact) mass is 425 g/mol. The Morgan fingerprint density at radius 1 is 1.41 bits per heavy atom. The summed E-state index contributed by atoms with van der Waals surface area (Å²) in [6.07, 6.45) is 2.09. The highest BCUT2D eigenvalue weighted by molar-refractivity contribution is 7.89. The fourth-order valence-electron chi connectivity index (χ4n) is 2.81. The number of anilines is 2. The van der Waals surface area contributed by atoms with Crippen molar-refractivity contribution in [3.8, 4) is 5.88 Å². The van der Waals surface area contributed by atoms with E-state index in [2.05, 4.69) is 15.3 Å². The van der Waals surface area contributed by atoms with Gasteiger partial charge in [-0.15, -0.1) is 0 Å². The van der Waals surface area contributed by atoms with Crippen LogP contribution in [0, 0.1) is 0 Å². The Morgan fingerprint density at radius 3 is 2.83 bits per heavy atom. The standard InChI is InChI=1S/C19H26N4O5S/c1-4-13-11-21-18(22-14-5-7-15(8-6-14)29(25,26)20-3)23-17(13)28-16-12-27-10-9-19(16,2)24/h5-8,11,16,20,24H,4,9-10,12H2,1-3H3,(H,21,22,23)/t16-,19+/m0/s1/i3D3. The Morgan fingerprint density at radius 2 is 2.17 bits per heavy atom. The lowest BCUT2D eigenvalue weighted by molar-refractivity contribution is -0.133. The van der Waals surface area contributed by atoms with Gasteiger partial charge in [0, 0.05) is 34.6 Å². The van der Waals surface area contributed by atoms with Crippen molar-refractivity contribution >= 4 is 21.7 Å². The van der Waals surface area contributed by atoms with Crippen LogP contribution in [0.2, 0.25) is 0 Å². The molecule has 1 aromatic carbocycles. The third kappa shape index (κ3) is 5.02. The molecule has 0 bridgehead atoms. The molecule has 3 rings (SSSR count). The minimum Gasteiger partial charge on any atom is -0.468 e. The molecule has 0 radical (unpaired) electrons. The zero-order valence-corrected chi connectivity index (χ0v) is 17.0. The van der Waals surface area contributed by atoms with E-state index >= 15 is 0 Å². The molecule has 0 spiro atoms. The summed E-state index contributed by atoms with van der Waals surface area (Å²) in [5.41, 5.74) is 0.196. The van der Waals surface area contributed by atoms with Crippen molar-refractivity contribution < 1.29 is 27.1 Å². The van der Waals surface area contributed by atoms with Crippen LogP contribution < -0.4 is 14.8 Å². The molecule has 0 saturated carbocycles. The van der Waals surface area contributed by atoms with Crippen molar-refractivity contribution in [2.75, 3.05) is 25.5 Å². The van der Waals surface area contributed by atoms with E-state index in [1.54, 1.807) is 17.8 Å². The summed E-state index contributed by atoms with van der Waals surface area (Å²) in [5.74, 6) is 0.534. The number of ether oxygens (including phenoxy) is 2. The summed E-state index contributed by atoms with van der Waals surface area (Å²) in [6, 6.07) is 5.46. The smallest absolute Gasteiger partial charge is 0.240 e. The van der Waals surface area contributed by atoms with Crippen LogP contribution in [-0.2, 0) is 21.2 Å². The fraction of sp³-hybridized carbons (Fsp3) is 0.474. The minimum absolute atomic E-state index is 0.190. The van der Waals surface area contributed by atoms with Crippen LogP contribution in [-0.4, -0.2) is 55.4 Å². The maximum atomic E-state index is 12.1. The summed E-state index contributed by atoms with van der Waals surface area (Å²) < 4.78 is 58.5. The molecule has 1 saturated heterocycles. The van der Waals surface area contributed by atoms with Crippen LogP contribution in [0.4, 0.5) is 11.6 Å². The molecule has 2 atom stereocenters. The summed E-state index contributed by atoms with van der Waals surface area (Å²) in [7, 11) is -4.18. The molecular weight excluding hydrogens is 396 g/mol. The zero-order valence-electron chi connectivity index (χ0n) is 19.2. The van der Waals surface area contributed by atoms with Crippen molar-refractivity contribution in [2.45, 2.75) is 43.3 Å². The van der Waals surface area contributed by atoms with Gasteiger partial charge in [-0.1, -0.05) is 6.92 Å². The van der Waals surface area contributed by atoms with E-state index in [0.717, 1.165) is 5.56 Å². The zero-order chi connectivity index (χ0) is 23.6. The SMILES string of the molecule is [2H]C([2H])([2H])NS(=O)(=O)c1ccc(Nc2ncc(CC)c(O[C@H]3COCC[C@@]3(C)O)n2)cc1. The van der Waals surface area contributed by atoms with E-state index in [-0.39, 0.29) is 17.5 Å². The Labute approximate surface area is 174 Å². The number of aliphatic hydroxyl groups is 1. The van der Waals surface area contributed by atoms with Gasteiger partial charge in [0.05, 0.1) is 11.5 Å². The van der Waals surface area contributed by atoms with Gasteiger partial charge >= 0.3 is 0 Å². The number of aromatic nitrogens is 2. The molecule has 0 amide bonds. The molecule has 0 unspecified atom stereocenters. The lowest BCUT2D eigenvalue weighted by atomic mass is 9.94. The average molecular weight is 426 g/mol. The summed E-state index contributed by atoms with van der Waals surface area (Å²) in [5, 5.41) is 13.5. The summed E-state index contributed by atoms with van der Waals surface area (Å²) >= 11 is 0. The largest absolute Gasteiger partial charge is 0.468 e. The second kappa shape index (κ2) is 8.62. The van der Waals surface area contributed by atoms with Gasteiger partial charge in [-0.2, -0.15) is 4.98 Å². The number of nitrogens with zero attached hydrogens (tertiary/aromatic N) is 2. The third-order valence-corrected chi connectivity index (χ3v) is 5.89. The molecule has 1 aromatic heterocycles. The van der Waals surface area contributed by atoms with E-state index in [4.69, 9.17) is 13.6 Å². The van der Waals surface area contributed by atoms with Crippen molar-refractivity contribution in [1.29, 1.82) is 0 Å². The van der Waals surface area contributed by atoms with Gasteiger partial charge in [-0.25, -0.2) is 18.1 Å². The number of nitrogens with one attached hydrogen (secondary N) is 2. The molecule has 158 valence electrons. The second-order valence-electron chi connectivity index (χ2n) is 6.92. The van der Waals surface area contributed by atoms with Crippen LogP contribution >= 0.6 is 0 Å². The number of hydrogen-bond acceptors (Lipinski definition) is 8. The highest BCUT2D eigenvalue weighted by Crippen LogP contribution is 2.27. The predicted octanol–water partition coefficient (Wildman–Crippen LogP) is 1.61. The van der Waals surface area contributed by atoms with E-state index < -0.39 is 28.7 Å². The number of rotatable bonds is 7. The van der Waals surface area contributed by atoms with Gasteiger partial charge in [0.1, 0.15) is 5.60 Å². The predicted molar refractivity (Wildman–Crippen MR) is 108 cm³/mol. The molecule has 9 nitrogen and oxygen atoms in total. The molecule has 1 aliphatic heterocycles. The molecule has 2 heterocycles. The lowest BCUT2D eigenvalue weighted by Crippen LogP contribution is -2.50. The van der Waals surface area contributed by atoms with E-state index in [9.17, 15) is 13.5 Å². The number of benzene rings is 1. The Kier molecular flexibility index (Phi) is 5.22. The topological polar surface area (TPSA) is 123 Å². The first-order valence-corrected chi connectivity index (χ1v) is 10.6. The van der Waals surface area contributed by atoms with Gasteiger partial charge in [0.2, 0.25) is 21.9 Å². The van der Waals surface area contributed by atoms with Crippen LogP contribution in [0.5, 0.6) is 5.88 Å². The Balaban J connectivity index is 1.77. The fourth-order valence-corrected chi connectivity index (χ4v) is 3.42. The molecule has 0 aliphatic carbocycles. The number of hydrogen-bond donors (Lipinski definition) is 3. The molecule has 29 heavy (non-hydrogen) atoms. The molecule has 10 heteroatoms. The van der Waals surface area contributed by atoms with E-state index in [1.165, 1.54) is 24.3 Å². The van der Waals surface area contributed by atoms with Gasteiger partial charge in [-0.3, -0.25) is 0 Å². The van der Waals surface area contributed by atoms with Gasteiger partial charge in [0.15, 0.2) is 6.10 Å². The number of aryl methyl sites for hydroxylation is 1. The van der Waals surface area contributed by atoms with Crippen LogP contribution in [0.1, 0.15) is 29.9 Å². The minimum atomic E-state index is -4.18. The molecule has 3 N–H and O–H groups in total. The van der Waals surface area contributed by atoms with Gasteiger partial charge < -0.3 is 19.9 Å². The molecule has 1 fully saturated rings. The normalized spacial score (nSPS) is 24.2. The summed E-state index contributed by atoms with van der Waals surface area (Å²) in [6.45, 7) is 1.50. The average Bonchev–Trinajstić information content (AvgIpc) is 2.68. The highest BCUT2D eigenvalue weighted by Gasteiger charge is 2.37. The maximum absolute atomic E-state index is 12.1. The first-order valence-electron chi connectivity index (χ1n) is 10.6. The van der Waals surface area contributed by atoms with Crippen molar-refractivity contribution in [2.24, 2.45) is 0 Å². The van der Waals surface area contributed by atoms with E-state index in [1.807, 2.05) is 6.92 Å². The van der Waals surface area contributed by atoms with E-state index in [0.29, 0.717) is 31.0 Å². The van der Waals surface area contributed by atoms with Gasteiger partial charge in [0.25, 0.3) is 0 Å².